The molecule has 0 amide bonds. The molecular weight excluding hydrogens is 605 g/mol. The van der Waals surface area contributed by atoms with Crippen LogP contribution in [0.3, 0.4) is 0 Å². The lowest BCUT2D eigenvalue weighted by atomic mass is 9.79. The van der Waals surface area contributed by atoms with Crippen LogP contribution in [0.15, 0.2) is 127 Å². The zero-order valence-corrected chi connectivity index (χ0v) is 29.0. The SMILES string of the molecule is CC1(C)c2cc3c(cc2-c2cc4c5c(n(-c6ccccc6)c4cc21)CCC=C5)C(C)(C)c1cc2c(cc1-3)c1ccccc1n2-c1ccccc1. The molecule has 3 aliphatic rings. The van der Waals surface area contributed by atoms with E-state index in [1.165, 1.54) is 99.8 Å². The van der Waals surface area contributed by atoms with Crippen molar-refractivity contribution in [2.24, 2.45) is 0 Å². The third kappa shape index (κ3) is 3.49. The molecule has 2 heterocycles. The molecule has 0 fully saturated rings. The Kier molecular flexibility index (Phi) is 5.40. The molecule has 240 valence electrons. The highest BCUT2D eigenvalue weighted by Crippen LogP contribution is 2.58. The molecule has 0 saturated heterocycles. The van der Waals surface area contributed by atoms with Gasteiger partial charge >= 0.3 is 0 Å². The van der Waals surface area contributed by atoms with Gasteiger partial charge in [0.15, 0.2) is 0 Å². The Hall–Kier alpha value is -5.60. The highest BCUT2D eigenvalue weighted by Gasteiger charge is 2.42. The van der Waals surface area contributed by atoms with Crippen LogP contribution < -0.4 is 0 Å². The highest BCUT2D eigenvalue weighted by atomic mass is 15.0. The molecule has 0 bridgehead atoms. The van der Waals surface area contributed by atoms with Gasteiger partial charge in [0.25, 0.3) is 0 Å². The van der Waals surface area contributed by atoms with Crippen LogP contribution >= 0.6 is 0 Å². The van der Waals surface area contributed by atoms with Crippen LogP contribution in [-0.4, -0.2) is 9.13 Å². The topological polar surface area (TPSA) is 9.86 Å². The lowest BCUT2D eigenvalue weighted by Crippen LogP contribution is -2.17. The lowest BCUT2D eigenvalue weighted by Gasteiger charge is -2.24. The molecule has 0 saturated carbocycles. The molecule has 11 rings (SSSR count). The molecular formula is C48H38N2. The van der Waals surface area contributed by atoms with Crippen LogP contribution in [0.2, 0.25) is 0 Å². The van der Waals surface area contributed by atoms with Gasteiger partial charge < -0.3 is 9.13 Å². The smallest absolute Gasteiger partial charge is 0.0544 e. The third-order valence-electron chi connectivity index (χ3n) is 12.4. The van der Waals surface area contributed by atoms with E-state index in [1.54, 1.807) is 0 Å². The van der Waals surface area contributed by atoms with Crippen molar-refractivity contribution in [1.29, 1.82) is 0 Å². The van der Waals surface area contributed by atoms with Crippen LogP contribution in [0, 0.1) is 0 Å². The summed E-state index contributed by atoms with van der Waals surface area (Å²) < 4.78 is 4.98. The van der Waals surface area contributed by atoms with Gasteiger partial charge in [-0.3, -0.25) is 0 Å². The second kappa shape index (κ2) is 9.55. The standard InChI is InChI=1S/C48H38N2/c1-47(2)39-25-36-34-24-38-32-20-12-14-22-44(32)50(30-17-9-6-10-18-30)46(38)28-42(34)48(3,4)40(36)26-35(39)33-23-37-31-19-11-13-21-43(31)49(45(37)27-41(33)47)29-15-7-5-8-16-29/h5-13,15-21,23-28H,14,22H2,1-4H3. The predicted octanol–water partition coefficient (Wildman–Crippen LogP) is 12.3. The number of para-hydroxylation sites is 3. The van der Waals surface area contributed by atoms with Crippen molar-refractivity contribution in [3.63, 3.8) is 0 Å². The van der Waals surface area contributed by atoms with Gasteiger partial charge in [-0.05, 0) is 124 Å². The summed E-state index contributed by atoms with van der Waals surface area (Å²) in [5.41, 5.74) is 20.1. The first kappa shape index (κ1) is 28.3. The van der Waals surface area contributed by atoms with Crippen LogP contribution in [0.25, 0.3) is 72.4 Å². The number of hydrogen-bond acceptors (Lipinski definition) is 0. The maximum Gasteiger partial charge on any atom is 0.0544 e. The lowest BCUT2D eigenvalue weighted by molar-refractivity contribution is 0.652. The predicted molar refractivity (Wildman–Crippen MR) is 210 cm³/mol. The molecule has 0 atom stereocenters. The largest absolute Gasteiger partial charge is 0.313 e. The van der Waals surface area contributed by atoms with E-state index in [0.717, 1.165) is 12.8 Å². The van der Waals surface area contributed by atoms with E-state index in [1.807, 2.05) is 0 Å². The first-order valence-corrected chi connectivity index (χ1v) is 18.1. The van der Waals surface area contributed by atoms with Crippen molar-refractivity contribution >= 4 is 38.8 Å². The minimum absolute atomic E-state index is 0.129. The summed E-state index contributed by atoms with van der Waals surface area (Å²) in [5.74, 6) is 0. The third-order valence-corrected chi connectivity index (χ3v) is 12.4. The van der Waals surface area contributed by atoms with Crippen LogP contribution in [-0.2, 0) is 17.3 Å². The average molecular weight is 643 g/mol. The Labute approximate surface area is 292 Å². The minimum Gasteiger partial charge on any atom is -0.313 e. The molecule has 0 radical (unpaired) electrons. The maximum absolute atomic E-state index is 2.56. The Morgan fingerprint density at radius 3 is 1.60 bits per heavy atom. The Balaban J connectivity index is 1.15. The molecule has 0 N–H and O–H groups in total. The van der Waals surface area contributed by atoms with Gasteiger partial charge in [-0.1, -0.05) is 94.4 Å². The van der Waals surface area contributed by atoms with Crippen molar-refractivity contribution < 1.29 is 0 Å². The fourth-order valence-corrected chi connectivity index (χ4v) is 9.86. The fraction of sp³-hybridized carbons (Fsp3) is 0.167. The molecule has 0 unspecified atom stereocenters. The van der Waals surface area contributed by atoms with Gasteiger partial charge in [0.2, 0.25) is 0 Å². The van der Waals surface area contributed by atoms with E-state index < -0.39 is 0 Å². The molecule has 0 spiro atoms. The van der Waals surface area contributed by atoms with Gasteiger partial charge in [0.05, 0.1) is 16.6 Å². The van der Waals surface area contributed by atoms with Crippen molar-refractivity contribution in [2.75, 3.05) is 0 Å². The Morgan fingerprint density at radius 1 is 0.460 bits per heavy atom. The van der Waals surface area contributed by atoms with E-state index >= 15 is 0 Å². The van der Waals surface area contributed by atoms with E-state index in [9.17, 15) is 0 Å². The average Bonchev–Trinajstić information content (AvgIpc) is 3.79. The number of nitrogens with zero attached hydrogens (tertiary/aromatic N) is 2. The molecule has 3 aliphatic carbocycles. The number of hydrogen-bond donors (Lipinski definition) is 0. The zero-order chi connectivity index (χ0) is 33.5. The van der Waals surface area contributed by atoms with Gasteiger partial charge in [0.1, 0.15) is 0 Å². The van der Waals surface area contributed by atoms with Gasteiger partial charge in [-0.25, -0.2) is 0 Å². The van der Waals surface area contributed by atoms with Crippen LogP contribution in [0.4, 0.5) is 0 Å². The summed E-state index contributed by atoms with van der Waals surface area (Å²) in [6, 6.07) is 45.8. The van der Waals surface area contributed by atoms with E-state index in [2.05, 4.69) is 170 Å². The number of benzene rings is 6. The van der Waals surface area contributed by atoms with Crippen molar-refractivity contribution in [2.45, 2.75) is 51.4 Å². The Bertz CT molecular complexity index is 2780. The summed E-state index contributed by atoms with van der Waals surface area (Å²) in [6.07, 6.45) is 6.87. The first-order valence-electron chi connectivity index (χ1n) is 18.1. The molecule has 50 heavy (non-hydrogen) atoms. The van der Waals surface area contributed by atoms with Gasteiger partial charge in [-0.2, -0.15) is 0 Å². The molecule has 2 heteroatoms. The van der Waals surface area contributed by atoms with E-state index in [4.69, 9.17) is 0 Å². The van der Waals surface area contributed by atoms with Crippen molar-refractivity contribution in [3.05, 3.63) is 161 Å². The number of rotatable bonds is 2. The second-order valence-electron chi connectivity index (χ2n) is 15.7. The first-order chi connectivity index (χ1) is 24.3. The molecule has 2 aromatic heterocycles. The molecule has 0 aliphatic heterocycles. The monoisotopic (exact) mass is 642 g/mol. The highest BCUT2D eigenvalue weighted by molar-refractivity contribution is 6.12. The summed E-state index contributed by atoms with van der Waals surface area (Å²) in [5, 5.41) is 3.98. The van der Waals surface area contributed by atoms with Crippen LogP contribution in [0.1, 0.15) is 67.6 Å². The van der Waals surface area contributed by atoms with Crippen molar-refractivity contribution in [1.82, 2.24) is 9.13 Å². The number of fused-ring (bicyclic) bond motifs is 12. The summed E-state index contributed by atoms with van der Waals surface area (Å²) >= 11 is 0. The normalized spacial score (nSPS) is 16.1. The maximum atomic E-state index is 2.56. The van der Waals surface area contributed by atoms with E-state index in [-0.39, 0.29) is 10.8 Å². The zero-order valence-electron chi connectivity index (χ0n) is 29.0. The Morgan fingerprint density at radius 2 is 0.960 bits per heavy atom. The summed E-state index contributed by atoms with van der Waals surface area (Å²) in [4.78, 5) is 0. The fourth-order valence-electron chi connectivity index (χ4n) is 9.86. The summed E-state index contributed by atoms with van der Waals surface area (Å²) in [6.45, 7) is 9.72. The van der Waals surface area contributed by atoms with Gasteiger partial charge in [-0.15, -0.1) is 0 Å². The molecule has 2 nitrogen and oxygen atoms in total. The molecule has 6 aromatic carbocycles. The second-order valence-corrected chi connectivity index (χ2v) is 15.7. The van der Waals surface area contributed by atoms with Crippen LogP contribution in [0.5, 0.6) is 0 Å². The summed E-state index contributed by atoms with van der Waals surface area (Å²) in [7, 11) is 0. The minimum atomic E-state index is -0.138. The van der Waals surface area contributed by atoms with Gasteiger partial charge in [0, 0.05) is 49.6 Å². The number of aromatic nitrogens is 2. The quantitative estimate of drug-likeness (QED) is 0.178. The van der Waals surface area contributed by atoms with E-state index in [0.29, 0.717) is 0 Å². The number of allylic oxidation sites excluding steroid dienone is 1. The van der Waals surface area contributed by atoms with Crippen molar-refractivity contribution in [3.8, 4) is 33.6 Å². The molecule has 8 aromatic rings.